The summed E-state index contributed by atoms with van der Waals surface area (Å²) in [5, 5.41) is 7.85. The molecule has 0 atom stereocenters. The summed E-state index contributed by atoms with van der Waals surface area (Å²) >= 11 is 15.4. The largest absolute Gasteiger partial charge is 0.321 e. The molecule has 2 aromatic heterocycles. The highest BCUT2D eigenvalue weighted by atomic mass is 35.5. The molecule has 2 N–H and O–H groups in total. The smallest absolute Gasteiger partial charge is 0.267 e. The van der Waals surface area contributed by atoms with Crippen LogP contribution in [0.15, 0.2) is 94.7 Å². The number of sulfone groups is 1. The number of halogens is 2. The number of fused-ring (bicyclic) bond motifs is 5. The zero-order chi connectivity index (χ0) is 28.5. The van der Waals surface area contributed by atoms with Crippen LogP contribution in [0.4, 0.5) is 11.4 Å². The molecule has 2 amide bonds. The van der Waals surface area contributed by atoms with E-state index in [0.717, 1.165) is 20.2 Å². The highest BCUT2D eigenvalue weighted by Gasteiger charge is 2.34. The molecule has 0 spiro atoms. The van der Waals surface area contributed by atoms with Crippen LogP contribution < -0.4 is 10.6 Å². The van der Waals surface area contributed by atoms with E-state index in [1.807, 2.05) is 48.5 Å². The molecule has 7 rings (SSSR count). The van der Waals surface area contributed by atoms with Crippen LogP contribution in [0, 0.1) is 0 Å². The zero-order valence-electron chi connectivity index (χ0n) is 20.7. The Morgan fingerprint density at radius 1 is 0.610 bits per heavy atom. The molecule has 0 unspecified atom stereocenters. The highest BCUT2D eigenvalue weighted by molar-refractivity contribution is 7.92. The van der Waals surface area contributed by atoms with E-state index in [4.69, 9.17) is 23.2 Å². The molecule has 11 heteroatoms. The van der Waals surface area contributed by atoms with E-state index in [0.29, 0.717) is 42.3 Å². The Hall–Kier alpha value is -3.73. The van der Waals surface area contributed by atoms with Crippen molar-refractivity contribution in [2.24, 2.45) is 0 Å². The molecule has 41 heavy (non-hydrogen) atoms. The summed E-state index contributed by atoms with van der Waals surface area (Å²) in [4.78, 5) is 26.9. The van der Waals surface area contributed by atoms with Crippen LogP contribution in [-0.4, -0.2) is 20.2 Å². The fraction of sp³-hybridized carbons (Fsp3) is 0. The molecule has 0 radical (unpaired) electrons. The third kappa shape index (κ3) is 4.24. The first-order valence-electron chi connectivity index (χ1n) is 12.2. The van der Waals surface area contributed by atoms with Crippen molar-refractivity contribution in [2.45, 2.75) is 9.79 Å². The molecule has 0 aliphatic carbocycles. The maximum absolute atomic E-state index is 13.6. The van der Waals surface area contributed by atoms with Gasteiger partial charge >= 0.3 is 0 Å². The van der Waals surface area contributed by atoms with Gasteiger partial charge < -0.3 is 10.6 Å². The first-order valence-corrected chi connectivity index (χ1v) is 16.1. The molecular formula is C30H16Cl2N2O4S3. The summed E-state index contributed by atoms with van der Waals surface area (Å²) in [5.41, 5.74) is 1.69. The Labute approximate surface area is 252 Å². The van der Waals surface area contributed by atoms with E-state index < -0.39 is 21.7 Å². The van der Waals surface area contributed by atoms with Gasteiger partial charge in [-0.2, -0.15) is 0 Å². The fourth-order valence-corrected chi connectivity index (χ4v) is 9.46. The molecule has 4 aromatic carbocycles. The number of rotatable bonds is 4. The molecule has 6 aromatic rings. The van der Waals surface area contributed by atoms with Crippen LogP contribution in [-0.2, 0) is 9.84 Å². The van der Waals surface area contributed by atoms with E-state index in [9.17, 15) is 18.0 Å². The molecule has 1 aliphatic heterocycles. The predicted molar refractivity (Wildman–Crippen MR) is 167 cm³/mol. The molecule has 0 saturated heterocycles. The first-order chi connectivity index (χ1) is 19.7. The molecular weight excluding hydrogens is 619 g/mol. The quantitative estimate of drug-likeness (QED) is 0.202. The second-order valence-corrected chi connectivity index (χ2v) is 14.1. The van der Waals surface area contributed by atoms with Crippen LogP contribution in [0.5, 0.6) is 0 Å². The van der Waals surface area contributed by atoms with Crippen LogP contribution in [0.2, 0.25) is 10.0 Å². The van der Waals surface area contributed by atoms with Gasteiger partial charge in [-0.25, -0.2) is 8.42 Å². The second kappa shape index (κ2) is 9.68. The predicted octanol–water partition coefficient (Wildman–Crippen LogP) is 8.74. The summed E-state index contributed by atoms with van der Waals surface area (Å²) in [6.45, 7) is 0. The normalized spacial score (nSPS) is 13.2. The van der Waals surface area contributed by atoms with Crippen LogP contribution in [0.25, 0.3) is 31.3 Å². The van der Waals surface area contributed by atoms with E-state index >= 15 is 0 Å². The van der Waals surface area contributed by atoms with Gasteiger partial charge in [-0.3, -0.25) is 9.59 Å². The number of hydrogen-bond acceptors (Lipinski definition) is 6. The summed E-state index contributed by atoms with van der Waals surface area (Å²) in [6.07, 6.45) is 0. The van der Waals surface area contributed by atoms with Gasteiger partial charge in [0.2, 0.25) is 9.84 Å². The zero-order valence-corrected chi connectivity index (χ0v) is 24.7. The van der Waals surface area contributed by atoms with Crippen molar-refractivity contribution in [3.05, 3.63) is 105 Å². The van der Waals surface area contributed by atoms with Gasteiger partial charge in [0.15, 0.2) is 0 Å². The molecule has 3 heterocycles. The van der Waals surface area contributed by atoms with Crippen molar-refractivity contribution in [1.29, 1.82) is 0 Å². The number of anilines is 2. The van der Waals surface area contributed by atoms with Crippen molar-refractivity contribution in [2.75, 3.05) is 10.6 Å². The van der Waals surface area contributed by atoms with Gasteiger partial charge in [-0.15, -0.1) is 22.7 Å². The molecule has 6 nitrogen and oxygen atoms in total. The number of thiophene rings is 2. The summed E-state index contributed by atoms with van der Waals surface area (Å²) in [6, 6.07) is 24.4. The van der Waals surface area contributed by atoms with Gasteiger partial charge in [-0.05, 0) is 36.4 Å². The lowest BCUT2D eigenvalue weighted by molar-refractivity contribution is 0.102. The lowest BCUT2D eigenvalue weighted by atomic mass is 10.0. The second-order valence-electron chi connectivity index (χ2n) is 9.32. The minimum atomic E-state index is -3.92. The Kier molecular flexibility index (Phi) is 6.18. The Balaban J connectivity index is 1.17. The first kappa shape index (κ1) is 26.2. The van der Waals surface area contributed by atoms with E-state index in [-0.39, 0.29) is 9.79 Å². The van der Waals surface area contributed by atoms with Crippen molar-refractivity contribution < 1.29 is 18.0 Å². The lowest BCUT2D eigenvalue weighted by Crippen LogP contribution is -2.11. The van der Waals surface area contributed by atoms with Gasteiger partial charge in [-0.1, -0.05) is 71.7 Å². The van der Waals surface area contributed by atoms with Crippen LogP contribution >= 0.6 is 45.9 Å². The van der Waals surface area contributed by atoms with Crippen molar-refractivity contribution >= 4 is 99.1 Å². The Bertz CT molecular complexity index is 2050. The maximum Gasteiger partial charge on any atom is 0.267 e. The number of nitrogens with one attached hydrogen (secondary N) is 2. The van der Waals surface area contributed by atoms with Gasteiger partial charge in [0.1, 0.15) is 9.75 Å². The van der Waals surface area contributed by atoms with Crippen molar-refractivity contribution in [3.8, 4) is 11.1 Å². The monoisotopic (exact) mass is 634 g/mol. The number of carbonyl (C=O) groups excluding carboxylic acids is 2. The van der Waals surface area contributed by atoms with Gasteiger partial charge in [0.05, 0.1) is 19.8 Å². The topological polar surface area (TPSA) is 92.3 Å². The molecule has 0 bridgehead atoms. The number of hydrogen-bond donors (Lipinski definition) is 2. The summed E-state index contributed by atoms with van der Waals surface area (Å²) < 4.78 is 28.9. The maximum atomic E-state index is 13.6. The summed E-state index contributed by atoms with van der Waals surface area (Å²) in [7, 11) is -3.92. The van der Waals surface area contributed by atoms with E-state index in [2.05, 4.69) is 10.6 Å². The number of carbonyl (C=O) groups is 2. The van der Waals surface area contributed by atoms with Crippen molar-refractivity contribution in [1.82, 2.24) is 0 Å². The average Bonchev–Trinajstić information content (AvgIpc) is 3.57. The lowest BCUT2D eigenvalue weighted by Gasteiger charge is -2.07. The summed E-state index contributed by atoms with van der Waals surface area (Å²) in [5.74, 6) is -0.845. The minimum absolute atomic E-state index is 0.0729. The van der Waals surface area contributed by atoms with Gasteiger partial charge in [0, 0.05) is 42.7 Å². The van der Waals surface area contributed by atoms with Crippen LogP contribution in [0.1, 0.15) is 19.3 Å². The molecule has 0 fully saturated rings. The fourth-order valence-electron chi connectivity index (χ4n) is 4.90. The highest BCUT2D eigenvalue weighted by Crippen LogP contribution is 2.45. The van der Waals surface area contributed by atoms with E-state index in [1.165, 1.54) is 34.8 Å². The number of amides is 2. The van der Waals surface area contributed by atoms with Gasteiger partial charge in [0.25, 0.3) is 11.8 Å². The van der Waals surface area contributed by atoms with Crippen molar-refractivity contribution in [3.63, 3.8) is 0 Å². The third-order valence-corrected chi connectivity index (χ3v) is 12.0. The Morgan fingerprint density at radius 3 is 1.44 bits per heavy atom. The number of benzene rings is 4. The molecule has 1 aliphatic rings. The SMILES string of the molecule is O=C(Nc1ccc2c(c1)S(=O)(=O)c1cc(NC(=O)c3sc4ccccc4c3Cl)ccc1-2)c1sc2ccccc2c1Cl. The van der Waals surface area contributed by atoms with E-state index in [1.54, 1.807) is 24.3 Å². The minimum Gasteiger partial charge on any atom is -0.321 e. The molecule has 202 valence electrons. The Morgan fingerprint density at radius 2 is 1.02 bits per heavy atom. The molecule has 0 saturated carbocycles. The average molecular weight is 636 g/mol. The standard InChI is InChI=1S/C30H16Cl2N2O4S3/c31-25-19-5-1-3-7-21(19)39-27(25)29(35)33-15-9-11-17-18-12-10-16(14-24(18)41(37,38)23(17)13-15)34-30(36)28-26(32)20-6-2-4-8-22(20)40-28/h1-14H,(H,33,35)(H,34,36). The van der Waals surface area contributed by atoms with Crippen LogP contribution in [0.3, 0.4) is 0 Å². The third-order valence-electron chi connectivity index (χ3n) is 6.83.